The number of nitriles is 1. The second-order valence-electron chi connectivity index (χ2n) is 5.21. The second kappa shape index (κ2) is 7.02. The number of benzene rings is 1. The molecule has 0 unspecified atom stereocenters. The number of anilines is 1. The number of nitrogen functional groups attached to an aromatic ring is 1. The van der Waals surface area contributed by atoms with Crippen LogP contribution < -0.4 is 10.5 Å². The number of hydrogen-bond acceptors (Lipinski definition) is 8. The lowest BCUT2D eigenvalue weighted by molar-refractivity contribution is 0.141. The van der Waals surface area contributed by atoms with E-state index in [9.17, 15) is 5.11 Å². The van der Waals surface area contributed by atoms with Gasteiger partial charge < -0.3 is 20.3 Å². The minimum absolute atomic E-state index is 0.0861. The number of hydrogen-bond donors (Lipinski definition) is 2. The first kappa shape index (κ1) is 16.5. The minimum atomic E-state index is -0.227. The molecule has 0 amide bonds. The van der Waals surface area contributed by atoms with Crippen LogP contribution in [0.5, 0.6) is 12.0 Å². The molecule has 25 heavy (non-hydrogen) atoms. The molecule has 0 saturated heterocycles. The average molecular weight is 340 g/mol. The van der Waals surface area contributed by atoms with Gasteiger partial charge in [0.15, 0.2) is 17.0 Å². The molecule has 9 nitrogen and oxygen atoms in total. The van der Waals surface area contributed by atoms with Crippen LogP contribution in [0.25, 0.3) is 11.2 Å². The SMILES string of the molecule is COCCOc1nc(N)c2nc(O)n(Cc3ccc(C#N)cc3)c2n1. The lowest BCUT2D eigenvalue weighted by Gasteiger charge is -2.07. The summed E-state index contributed by atoms with van der Waals surface area (Å²) in [5.41, 5.74) is 7.98. The number of rotatable bonds is 6. The van der Waals surface area contributed by atoms with Crippen molar-refractivity contribution in [3.63, 3.8) is 0 Å². The first-order valence-electron chi connectivity index (χ1n) is 7.46. The van der Waals surface area contributed by atoms with Crippen molar-refractivity contribution in [3.8, 4) is 18.1 Å². The van der Waals surface area contributed by atoms with Gasteiger partial charge in [-0.1, -0.05) is 12.1 Å². The summed E-state index contributed by atoms with van der Waals surface area (Å²) in [6.07, 6.45) is 0. The van der Waals surface area contributed by atoms with Gasteiger partial charge >= 0.3 is 6.01 Å². The van der Waals surface area contributed by atoms with Crippen molar-refractivity contribution < 1.29 is 14.6 Å². The van der Waals surface area contributed by atoms with Crippen molar-refractivity contribution in [2.24, 2.45) is 0 Å². The summed E-state index contributed by atoms with van der Waals surface area (Å²) in [5.74, 6) is 0.117. The molecule has 3 N–H and O–H groups in total. The van der Waals surface area contributed by atoms with Gasteiger partial charge in [-0.25, -0.2) is 0 Å². The van der Waals surface area contributed by atoms with Crippen molar-refractivity contribution in [1.82, 2.24) is 19.5 Å². The van der Waals surface area contributed by atoms with Crippen molar-refractivity contribution in [2.45, 2.75) is 6.54 Å². The van der Waals surface area contributed by atoms with Gasteiger partial charge in [-0.2, -0.15) is 20.2 Å². The molecule has 0 spiro atoms. The molecule has 3 aromatic rings. The maximum absolute atomic E-state index is 10.1. The van der Waals surface area contributed by atoms with Gasteiger partial charge in [0.05, 0.1) is 24.8 Å². The van der Waals surface area contributed by atoms with Gasteiger partial charge in [-0.3, -0.25) is 4.57 Å². The Morgan fingerprint density at radius 2 is 1.96 bits per heavy atom. The number of aromatic nitrogens is 4. The van der Waals surface area contributed by atoms with Crippen LogP contribution in [0.4, 0.5) is 5.82 Å². The van der Waals surface area contributed by atoms with Crippen LogP contribution in [0, 0.1) is 11.3 Å². The monoisotopic (exact) mass is 340 g/mol. The molecule has 2 heterocycles. The zero-order valence-electron chi connectivity index (χ0n) is 13.5. The van der Waals surface area contributed by atoms with E-state index < -0.39 is 0 Å². The molecule has 128 valence electrons. The third kappa shape index (κ3) is 3.44. The number of nitrogens with zero attached hydrogens (tertiary/aromatic N) is 5. The van der Waals surface area contributed by atoms with Crippen LogP contribution in [0.1, 0.15) is 11.1 Å². The molecule has 1 aromatic carbocycles. The first-order valence-corrected chi connectivity index (χ1v) is 7.46. The largest absolute Gasteiger partial charge is 0.480 e. The summed E-state index contributed by atoms with van der Waals surface area (Å²) >= 11 is 0. The van der Waals surface area contributed by atoms with Crippen molar-refractivity contribution in [2.75, 3.05) is 26.1 Å². The van der Waals surface area contributed by atoms with Gasteiger partial charge in [-0.05, 0) is 17.7 Å². The Morgan fingerprint density at radius 3 is 2.64 bits per heavy atom. The molecule has 2 aromatic heterocycles. The van der Waals surface area contributed by atoms with Crippen molar-refractivity contribution >= 4 is 17.0 Å². The highest BCUT2D eigenvalue weighted by molar-refractivity contribution is 5.83. The number of imidazole rings is 1. The smallest absolute Gasteiger partial charge is 0.320 e. The van der Waals surface area contributed by atoms with Crippen LogP contribution in [0.15, 0.2) is 24.3 Å². The van der Waals surface area contributed by atoms with E-state index in [0.717, 1.165) is 5.56 Å². The summed E-state index contributed by atoms with van der Waals surface area (Å²) in [6, 6.07) is 8.92. The van der Waals surface area contributed by atoms with Crippen molar-refractivity contribution in [1.29, 1.82) is 5.26 Å². The van der Waals surface area contributed by atoms with Gasteiger partial charge in [-0.15, -0.1) is 0 Å². The van der Waals surface area contributed by atoms with Gasteiger partial charge in [0.25, 0.3) is 6.01 Å². The Hall–Kier alpha value is -3.38. The highest BCUT2D eigenvalue weighted by atomic mass is 16.5. The maximum Gasteiger partial charge on any atom is 0.320 e. The fraction of sp³-hybridized carbons (Fsp3) is 0.250. The molecule has 9 heteroatoms. The molecule has 0 atom stereocenters. The van der Waals surface area contributed by atoms with E-state index in [-0.39, 0.29) is 24.4 Å². The summed E-state index contributed by atoms with van der Waals surface area (Å²) in [5, 5.41) is 19.0. The van der Waals surface area contributed by atoms with Crippen molar-refractivity contribution in [3.05, 3.63) is 35.4 Å². The van der Waals surface area contributed by atoms with Crippen LogP contribution in [0.2, 0.25) is 0 Å². The Labute approximate surface area is 143 Å². The van der Waals surface area contributed by atoms with E-state index in [4.69, 9.17) is 20.5 Å². The summed E-state index contributed by atoms with van der Waals surface area (Å²) in [4.78, 5) is 12.3. The Bertz CT molecular complexity index is 930. The Kier molecular flexibility index (Phi) is 4.63. The lowest BCUT2D eigenvalue weighted by atomic mass is 10.1. The molecular weight excluding hydrogens is 324 g/mol. The van der Waals surface area contributed by atoms with E-state index in [2.05, 4.69) is 21.0 Å². The van der Waals surface area contributed by atoms with Gasteiger partial charge in [0, 0.05) is 7.11 Å². The zero-order valence-corrected chi connectivity index (χ0v) is 13.5. The highest BCUT2D eigenvalue weighted by Gasteiger charge is 2.17. The van der Waals surface area contributed by atoms with Crippen LogP contribution in [0.3, 0.4) is 0 Å². The molecule has 0 aliphatic heterocycles. The highest BCUT2D eigenvalue weighted by Crippen LogP contribution is 2.25. The molecule has 0 aliphatic carbocycles. The standard InChI is InChI=1S/C16H16N6O3/c1-24-6-7-25-15-20-13(18)12-14(21-15)22(16(23)19-12)9-11-4-2-10(8-17)3-5-11/h2-5H,6-7,9H2,1H3,(H,19,23)(H2,18,20,21). The minimum Gasteiger partial charge on any atom is -0.480 e. The van der Waals surface area contributed by atoms with Crippen LogP contribution >= 0.6 is 0 Å². The molecule has 0 aliphatic rings. The lowest BCUT2D eigenvalue weighted by Crippen LogP contribution is -2.09. The molecule has 3 rings (SSSR count). The zero-order chi connectivity index (χ0) is 17.8. The fourth-order valence-corrected chi connectivity index (χ4v) is 2.28. The first-order chi connectivity index (χ1) is 12.1. The quantitative estimate of drug-likeness (QED) is 0.637. The number of methoxy groups -OCH3 is 1. The molecule has 0 saturated carbocycles. The third-order valence-electron chi connectivity index (χ3n) is 3.52. The average Bonchev–Trinajstić information content (AvgIpc) is 2.93. The predicted octanol–water partition coefficient (Wildman–Crippen LogP) is 1.06. The van der Waals surface area contributed by atoms with E-state index in [1.165, 1.54) is 4.57 Å². The van der Waals surface area contributed by atoms with Gasteiger partial charge in [0.2, 0.25) is 0 Å². The third-order valence-corrected chi connectivity index (χ3v) is 3.52. The van der Waals surface area contributed by atoms with E-state index in [1.54, 1.807) is 31.4 Å². The molecule has 0 bridgehead atoms. The summed E-state index contributed by atoms with van der Waals surface area (Å²) < 4.78 is 11.8. The Balaban J connectivity index is 1.95. The van der Waals surface area contributed by atoms with E-state index >= 15 is 0 Å². The fourth-order valence-electron chi connectivity index (χ4n) is 2.28. The maximum atomic E-state index is 10.1. The Morgan fingerprint density at radius 1 is 1.20 bits per heavy atom. The number of ether oxygens (including phenoxy) is 2. The van der Waals surface area contributed by atoms with Gasteiger partial charge in [0.1, 0.15) is 6.61 Å². The topological polar surface area (TPSA) is 132 Å². The van der Waals surface area contributed by atoms with E-state index in [0.29, 0.717) is 29.9 Å². The second-order valence-corrected chi connectivity index (χ2v) is 5.21. The van der Waals surface area contributed by atoms with Crippen LogP contribution in [-0.4, -0.2) is 44.9 Å². The number of nitrogens with two attached hydrogens (primary N) is 1. The molecule has 0 radical (unpaired) electrons. The normalized spacial score (nSPS) is 10.7. The van der Waals surface area contributed by atoms with Crippen LogP contribution in [-0.2, 0) is 11.3 Å². The summed E-state index contributed by atoms with van der Waals surface area (Å²) in [6.45, 7) is 0.969. The molecular formula is C16H16N6O3. The number of fused-ring (bicyclic) bond motifs is 1. The molecule has 0 fully saturated rings. The predicted molar refractivity (Wildman–Crippen MR) is 89.0 cm³/mol. The summed E-state index contributed by atoms with van der Waals surface area (Å²) in [7, 11) is 1.56. The van der Waals surface area contributed by atoms with E-state index in [1.807, 2.05) is 0 Å². The number of aromatic hydroxyl groups is 1.